The minimum atomic E-state index is -3.47. The van der Waals surface area contributed by atoms with Crippen LogP contribution < -0.4 is 4.72 Å². The molecule has 1 amide bonds. The van der Waals surface area contributed by atoms with E-state index in [-0.39, 0.29) is 19.1 Å². The van der Waals surface area contributed by atoms with Crippen molar-refractivity contribution in [2.24, 2.45) is 0 Å². The molecule has 4 rings (SSSR count). The second-order valence-corrected chi connectivity index (χ2v) is 10.4. The topological polar surface area (TPSA) is 127 Å². The van der Waals surface area contributed by atoms with E-state index in [2.05, 4.69) is 15.0 Å². The molecule has 30 heavy (non-hydrogen) atoms. The van der Waals surface area contributed by atoms with Crippen molar-refractivity contribution in [1.82, 2.24) is 24.6 Å². The maximum atomic E-state index is 12.8. The molecule has 0 unspecified atom stereocenters. The van der Waals surface area contributed by atoms with Gasteiger partial charge in [0.1, 0.15) is 17.7 Å². The number of nitrogens with one attached hydrogen (secondary N) is 1. The molecule has 1 spiro atoms. The molecule has 2 N–H and O–H groups in total. The monoisotopic (exact) mass is 437 g/mol. The van der Waals surface area contributed by atoms with Gasteiger partial charge in [-0.25, -0.2) is 17.8 Å². The Kier molecular flexibility index (Phi) is 5.33. The Balaban J connectivity index is 1.40. The highest BCUT2D eigenvalue weighted by atomic mass is 32.2. The second kappa shape index (κ2) is 7.56. The number of rotatable bonds is 4. The summed E-state index contributed by atoms with van der Waals surface area (Å²) in [7, 11) is -3.47. The van der Waals surface area contributed by atoms with Crippen LogP contribution in [0.3, 0.4) is 0 Å². The highest BCUT2D eigenvalue weighted by Crippen LogP contribution is 2.38. The number of nitrogens with zero attached hydrogens (tertiary/aromatic N) is 4. The van der Waals surface area contributed by atoms with Crippen LogP contribution in [0.25, 0.3) is 11.0 Å². The summed E-state index contributed by atoms with van der Waals surface area (Å²) in [6.07, 6.45) is 2.60. The van der Waals surface area contributed by atoms with Gasteiger partial charge in [-0.1, -0.05) is 17.3 Å². The number of aliphatic hydroxyl groups is 1. The van der Waals surface area contributed by atoms with Crippen LogP contribution in [0.1, 0.15) is 26.2 Å². The number of amides is 1. The molecule has 2 aliphatic heterocycles. The van der Waals surface area contributed by atoms with E-state index in [9.17, 15) is 18.3 Å². The van der Waals surface area contributed by atoms with E-state index < -0.39 is 27.3 Å². The van der Waals surface area contributed by atoms with Gasteiger partial charge < -0.3 is 14.7 Å². The van der Waals surface area contributed by atoms with Gasteiger partial charge in [-0.05, 0) is 38.3 Å². The summed E-state index contributed by atoms with van der Waals surface area (Å²) in [6.45, 7) is 2.72. The Morgan fingerprint density at radius 2 is 2.03 bits per heavy atom. The van der Waals surface area contributed by atoms with E-state index in [0.29, 0.717) is 32.4 Å². The van der Waals surface area contributed by atoms with E-state index in [0.717, 1.165) is 17.3 Å². The fourth-order valence-corrected chi connectivity index (χ4v) is 5.11. The third kappa shape index (κ3) is 4.34. The van der Waals surface area contributed by atoms with Gasteiger partial charge in [0.2, 0.25) is 15.9 Å². The van der Waals surface area contributed by atoms with E-state index in [1.807, 2.05) is 24.3 Å². The molecule has 2 aromatic rings. The van der Waals surface area contributed by atoms with Crippen LogP contribution in [-0.2, 0) is 26.1 Å². The number of ether oxygens (including phenoxy) is 1. The van der Waals surface area contributed by atoms with E-state index >= 15 is 0 Å². The Labute approximate surface area is 175 Å². The number of fused-ring (bicyclic) bond motifs is 1. The van der Waals surface area contributed by atoms with Crippen LogP contribution in [0.2, 0.25) is 0 Å². The first-order chi connectivity index (χ1) is 14.1. The van der Waals surface area contributed by atoms with Crippen LogP contribution >= 0.6 is 0 Å². The Hall–Kier alpha value is -2.08. The highest BCUT2D eigenvalue weighted by molar-refractivity contribution is 7.88. The van der Waals surface area contributed by atoms with Gasteiger partial charge in [0.15, 0.2) is 0 Å². The number of hydrogen-bond donors (Lipinski definition) is 2. The lowest BCUT2D eigenvalue weighted by atomic mass is 9.78. The molecular weight excluding hydrogens is 410 g/mol. The van der Waals surface area contributed by atoms with Gasteiger partial charge >= 0.3 is 0 Å². The first-order valence-electron chi connectivity index (χ1n) is 9.97. The van der Waals surface area contributed by atoms with Gasteiger partial charge in [-0.2, -0.15) is 0 Å². The quantitative estimate of drug-likeness (QED) is 0.683. The lowest BCUT2D eigenvalue weighted by Crippen LogP contribution is -2.64. The molecule has 2 atom stereocenters. The first-order valence-corrected chi connectivity index (χ1v) is 11.9. The average molecular weight is 438 g/mol. The third-order valence-corrected chi connectivity index (χ3v) is 6.80. The van der Waals surface area contributed by atoms with Gasteiger partial charge in [0.25, 0.3) is 0 Å². The molecule has 2 fully saturated rings. The van der Waals surface area contributed by atoms with Crippen LogP contribution in [0, 0.1) is 0 Å². The summed E-state index contributed by atoms with van der Waals surface area (Å²) < 4.78 is 33.6. The molecule has 3 heterocycles. The van der Waals surface area contributed by atoms with Crippen molar-refractivity contribution in [3.05, 3.63) is 24.3 Å². The van der Waals surface area contributed by atoms with Gasteiger partial charge in [0.05, 0.1) is 30.0 Å². The SMILES string of the molecule is C[C@]1(O)COC2(CCN(C(=O)Cn3nnc4ccccc43)CC2)C[C@@H]1NS(C)(=O)=O. The molecule has 1 aromatic carbocycles. The van der Waals surface area contributed by atoms with Crippen molar-refractivity contribution in [3.8, 4) is 0 Å². The first kappa shape index (κ1) is 21.2. The maximum Gasteiger partial charge on any atom is 0.244 e. The van der Waals surface area contributed by atoms with Gasteiger partial charge in [-0.15, -0.1) is 5.10 Å². The minimum absolute atomic E-state index is 0.0408. The summed E-state index contributed by atoms with van der Waals surface area (Å²) in [5.74, 6) is -0.0471. The number of aromatic nitrogens is 3. The average Bonchev–Trinajstić information content (AvgIpc) is 3.08. The van der Waals surface area contributed by atoms with E-state index in [4.69, 9.17) is 4.74 Å². The van der Waals surface area contributed by atoms with Crippen molar-refractivity contribution in [2.45, 2.75) is 50.0 Å². The lowest BCUT2D eigenvalue weighted by Gasteiger charge is -2.50. The molecule has 164 valence electrons. The molecule has 0 radical (unpaired) electrons. The molecule has 0 bridgehead atoms. The molecule has 2 saturated heterocycles. The summed E-state index contributed by atoms with van der Waals surface area (Å²) in [6, 6.07) is 6.85. The molecule has 2 aliphatic rings. The Morgan fingerprint density at radius 1 is 1.33 bits per heavy atom. The Morgan fingerprint density at radius 3 is 2.73 bits per heavy atom. The third-order valence-electron chi connectivity index (χ3n) is 6.09. The van der Waals surface area contributed by atoms with Crippen LogP contribution in [-0.4, -0.2) is 82.5 Å². The number of likely N-dealkylation sites (tertiary alicyclic amines) is 1. The Bertz CT molecular complexity index is 1040. The standard InChI is InChI=1S/C19H27N5O5S/c1-18(26)13-29-19(11-16(18)21-30(2,27)28)7-9-23(10-8-19)17(25)12-24-15-6-4-3-5-14(15)20-22-24/h3-6,16,21,26H,7-13H2,1-2H3/t16-,18-/m0/s1. The molecule has 10 nitrogen and oxygen atoms in total. The van der Waals surface area contributed by atoms with Crippen molar-refractivity contribution < 1.29 is 23.1 Å². The van der Waals surface area contributed by atoms with Crippen LogP contribution in [0.5, 0.6) is 0 Å². The van der Waals surface area contributed by atoms with Crippen molar-refractivity contribution in [3.63, 3.8) is 0 Å². The van der Waals surface area contributed by atoms with Crippen molar-refractivity contribution in [1.29, 1.82) is 0 Å². The zero-order valence-corrected chi connectivity index (χ0v) is 17.9. The molecule has 1 aromatic heterocycles. The summed E-state index contributed by atoms with van der Waals surface area (Å²) in [4.78, 5) is 14.6. The fraction of sp³-hybridized carbons (Fsp3) is 0.632. The predicted molar refractivity (Wildman–Crippen MR) is 109 cm³/mol. The summed E-state index contributed by atoms with van der Waals surface area (Å²) in [5.41, 5.74) is -0.279. The number of hydrogen-bond acceptors (Lipinski definition) is 7. The van der Waals surface area contributed by atoms with E-state index in [1.54, 1.807) is 16.5 Å². The largest absolute Gasteiger partial charge is 0.386 e. The minimum Gasteiger partial charge on any atom is -0.386 e. The van der Waals surface area contributed by atoms with Crippen molar-refractivity contribution >= 4 is 27.0 Å². The molecule has 0 aliphatic carbocycles. The van der Waals surface area contributed by atoms with E-state index in [1.165, 1.54) is 0 Å². The second-order valence-electron chi connectivity index (χ2n) is 8.59. The maximum absolute atomic E-state index is 12.8. The zero-order valence-electron chi connectivity index (χ0n) is 17.1. The molecule has 11 heteroatoms. The normalized spacial score (nSPS) is 26.9. The molecule has 0 saturated carbocycles. The number of carbonyl (C=O) groups excluding carboxylic acids is 1. The highest BCUT2D eigenvalue weighted by Gasteiger charge is 2.49. The summed E-state index contributed by atoms with van der Waals surface area (Å²) >= 11 is 0. The zero-order chi connectivity index (χ0) is 21.6. The fourth-order valence-electron chi connectivity index (χ4n) is 4.25. The number of sulfonamides is 1. The number of para-hydroxylation sites is 1. The lowest BCUT2D eigenvalue weighted by molar-refractivity contribution is -0.191. The summed E-state index contributed by atoms with van der Waals surface area (Å²) in [5, 5.41) is 18.7. The smallest absolute Gasteiger partial charge is 0.244 e. The van der Waals surface area contributed by atoms with Crippen molar-refractivity contribution in [2.75, 3.05) is 26.0 Å². The van der Waals surface area contributed by atoms with Crippen LogP contribution in [0.15, 0.2) is 24.3 Å². The van der Waals surface area contributed by atoms with Gasteiger partial charge in [0, 0.05) is 13.1 Å². The van der Waals surface area contributed by atoms with Gasteiger partial charge in [-0.3, -0.25) is 4.79 Å². The number of carbonyl (C=O) groups is 1. The molecular formula is C19H27N5O5S. The number of piperidine rings is 1. The predicted octanol–water partition coefficient (Wildman–Crippen LogP) is -0.118. The van der Waals surface area contributed by atoms with Crippen LogP contribution in [0.4, 0.5) is 0 Å². The number of benzene rings is 1.